The van der Waals surface area contributed by atoms with Gasteiger partial charge in [-0.25, -0.2) is 8.78 Å². The van der Waals surface area contributed by atoms with Gasteiger partial charge in [-0.3, -0.25) is 0 Å². The lowest BCUT2D eigenvalue weighted by atomic mass is 10.1. The molecule has 2 aromatic rings. The first kappa shape index (κ1) is 12.5. The Morgan fingerprint density at radius 2 is 1.94 bits per heavy atom. The lowest BCUT2D eigenvalue weighted by molar-refractivity contribution is 0.511. The summed E-state index contributed by atoms with van der Waals surface area (Å²) >= 11 is 1.53. The van der Waals surface area contributed by atoms with Crippen LogP contribution < -0.4 is 5.32 Å². The van der Waals surface area contributed by atoms with Gasteiger partial charge in [0, 0.05) is 16.1 Å². The fraction of sp³-hybridized carbons (Fsp3) is 0.385. The number of hydrogen-bond acceptors (Lipinski definition) is 2. The largest absolute Gasteiger partial charge is 0.312 e. The lowest BCUT2D eigenvalue weighted by Crippen LogP contribution is -2.13. The van der Waals surface area contributed by atoms with Gasteiger partial charge >= 0.3 is 0 Å². The van der Waals surface area contributed by atoms with Crippen molar-refractivity contribution in [3.8, 4) is 0 Å². The Morgan fingerprint density at radius 1 is 1.24 bits per heavy atom. The van der Waals surface area contributed by atoms with Gasteiger partial charge in [-0.2, -0.15) is 0 Å². The molecule has 1 nitrogen and oxygen atoms in total. The molecule has 0 aliphatic heterocycles. The minimum Gasteiger partial charge on any atom is -0.312 e. The molecule has 1 N–H and O–H groups in total. The fourth-order valence-electron chi connectivity index (χ4n) is 1.81. The average Bonchev–Trinajstić information content (AvgIpc) is 2.58. The van der Waals surface area contributed by atoms with E-state index in [-0.39, 0.29) is 0 Å². The smallest absolute Gasteiger partial charge is 0.160 e. The van der Waals surface area contributed by atoms with Gasteiger partial charge in [-0.15, -0.1) is 11.3 Å². The molecule has 0 aliphatic rings. The number of nitrogens with one attached hydrogen (secondary N) is 1. The molecule has 0 amide bonds. The van der Waals surface area contributed by atoms with E-state index >= 15 is 0 Å². The summed E-state index contributed by atoms with van der Waals surface area (Å²) in [6, 6.07) is 2.57. The van der Waals surface area contributed by atoms with E-state index in [1.165, 1.54) is 23.5 Å². The highest BCUT2D eigenvalue weighted by Gasteiger charge is 2.11. The minimum absolute atomic E-state index is 0.766. The maximum absolute atomic E-state index is 13.2. The van der Waals surface area contributed by atoms with Crippen molar-refractivity contribution in [3.05, 3.63) is 34.2 Å². The van der Waals surface area contributed by atoms with Crippen LogP contribution in [0.15, 0.2) is 12.1 Å². The molecule has 2 rings (SSSR count). The first-order valence-electron chi connectivity index (χ1n) is 5.71. The molecule has 0 saturated heterocycles. The van der Waals surface area contributed by atoms with Gasteiger partial charge in [0.15, 0.2) is 11.6 Å². The molecule has 0 bridgehead atoms. The predicted octanol–water partition coefficient (Wildman–Crippen LogP) is 3.99. The monoisotopic (exact) mass is 255 g/mol. The van der Waals surface area contributed by atoms with Gasteiger partial charge in [0.2, 0.25) is 0 Å². The first-order valence-corrected chi connectivity index (χ1v) is 6.53. The Balaban J connectivity index is 2.35. The van der Waals surface area contributed by atoms with Gasteiger partial charge < -0.3 is 5.32 Å². The summed E-state index contributed by atoms with van der Waals surface area (Å²) in [7, 11) is 0. The zero-order valence-corrected chi connectivity index (χ0v) is 10.8. The lowest BCUT2D eigenvalue weighted by Gasteiger charge is -2.01. The van der Waals surface area contributed by atoms with Crippen LogP contribution in [0.5, 0.6) is 0 Å². The van der Waals surface area contributed by atoms with E-state index in [9.17, 15) is 8.78 Å². The van der Waals surface area contributed by atoms with E-state index < -0.39 is 11.6 Å². The number of benzene rings is 1. The van der Waals surface area contributed by atoms with Gasteiger partial charge in [0.05, 0.1) is 0 Å². The van der Waals surface area contributed by atoms with Crippen molar-refractivity contribution in [2.75, 3.05) is 6.54 Å². The molecule has 0 radical (unpaired) electrons. The van der Waals surface area contributed by atoms with E-state index in [1.807, 2.05) is 6.92 Å². The molecule has 0 saturated carbocycles. The van der Waals surface area contributed by atoms with Crippen LogP contribution in [0.25, 0.3) is 10.1 Å². The third-order valence-electron chi connectivity index (χ3n) is 2.79. The van der Waals surface area contributed by atoms with E-state index in [2.05, 4.69) is 12.2 Å². The minimum atomic E-state index is -0.772. The maximum Gasteiger partial charge on any atom is 0.160 e. The van der Waals surface area contributed by atoms with Gasteiger partial charge in [-0.05, 0) is 43.0 Å². The molecule has 17 heavy (non-hydrogen) atoms. The summed E-state index contributed by atoms with van der Waals surface area (Å²) in [5.41, 5.74) is 1.05. The maximum atomic E-state index is 13.2. The highest BCUT2D eigenvalue weighted by atomic mass is 32.1. The molecule has 4 heteroatoms. The summed E-state index contributed by atoms with van der Waals surface area (Å²) in [4.78, 5) is 1.15. The van der Waals surface area contributed by atoms with Gasteiger partial charge in [0.1, 0.15) is 0 Å². The molecule has 0 unspecified atom stereocenters. The third-order valence-corrected chi connectivity index (χ3v) is 4.04. The van der Waals surface area contributed by atoms with Crippen LogP contribution in [0.1, 0.15) is 23.8 Å². The molecule has 1 aromatic carbocycles. The topological polar surface area (TPSA) is 12.0 Å². The quantitative estimate of drug-likeness (QED) is 0.815. The summed E-state index contributed by atoms with van der Waals surface area (Å²) in [6.07, 6.45) is 1.08. The Bertz CT molecular complexity index is 534. The van der Waals surface area contributed by atoms with E-state index in [0.717, 1.165) is 40.0 Å². The summed E-state index contributed by atoms with van der Waals surface area (Å²) in [5.74, 6) is -1.54. The molecule has 1 heterocycles. The molecular weight excluding hydrogens is 240 g/mol. The van der Waals surface area contributed by atoms with Gasteiger partial charge in [-0.1, -0.05) is 6.92 Å². The number of halogens is 2. The van der Waals surface area contributed by atoms with E-state index in [1.54, 1.807) is 0 Å². The van der Waals surface area contributed by atoms with Crippen LogP contribution >= 0.6 is 11.3 Å². The highest BCUT2D eigenvalue weighted by molar-refractivity contribution is 7.19. The Hall–Kier alpha value is -1.00. The van der Waals surface area contributed by atoms with Crippen LogP contribution in [-0.2, 0) is 6.54 Å². The average molecular weight is 255 g/mol. The molecule has 0 aliphatic carbocycles. The van der Waals surface area contributed by atoms with Crippen molar-refractivity contribution < 1.29 is 8.78 Å². The van der Waals surface area contributed by atoms with Crippen molar-refractivity contribution in [1.29, 1.82) is 0 Å². The number of fused-ring (bicyclic) bond motifs is 1. The molecule has 0 atom stereocenters. The van der Waals surface area contributed by atoms with Crippen LogP contribution in [0, 0.1) is 18.6 Å². The van der Waals surface area contributed by atoms with E-state index in [0.29, 0.717) is 0 Å². The zero-order valence-electron chi connectivity index (χ0n) is 9.94. The number of rotatable bonds is 4. The van der Waals surface area contributed by atoms with Crippen LogP contribution in [-0.4, -0.2) is 6.54 Å². The van der Waals surface area contributed by atoms with Crippen LogP contribution in [0.3, 0.4) is 0 Å². The van der Waals surface area contributed by atoms with E-state index in [4.69, 9.17) is 0 Å². The molecule has 0 spiro atoms. The first-order chi connectivity index (χ1) is 8.13. The van der Waals surface area contributed by atoms with Crippen LogP contribution in [0.2, 0.25) is 0 Å². The fourth-order valence-corrected chi connectivity index (χ4v) is 3.00. The van der Waals surface area contributed by atoms with Crippen molar-refractivity contribution in [1.82, 2.24) is 5.32 Å². The predicted molar refractivity (Wildman–Crippen MR) is 68.5 cm³/mol. The van der Waals surface area contributed by atoms with Gasteiger partial charge in [0.25, 0.3) is 0 Å². The standard InChI is InChI=1S/C13H15F2NS/c1-3-4-16-7-13-8(2)9-5-10(14)11(15)6-12(9)17-13/h5-6,16H,3-4,7H2,1-2H3. The number of aryl methyl sites for hydroxylation is 1. The number of thiophene rings is 1. The third kappa shape index (κ3) is 2.48. The summed E-state index contributed by atoms with van der Waals surface area (Å²) in [6.45, 7) is 5.79. The normalized spacial score (nSPS) is 11.3. The summed E-state index contributed by atoms with van der Waals surface area (Å²) < 4.78 is 27.1. The van der Waals surface area contributed by atoms with Crippen molar-refractivity contribution >= 4 is 21.4 Å². The van der Waals surface area contributed by atoms with Crippen molar-refractivity contribution in [2.24, 2.45) is 0 Å². The highest BCUT2D eigenvalue weighted by Crippen LogP contribution is 2.32. The molecule has 0 fully saturated rings. The zero-order chi connectivity index (χ0) is 12.4. The van der Waals surface area contributed by atoms with Crippen LogP contribution in [0.4, 0.5) is 8.78 Å². The molecule has 92 valence electrons. The van der Waals surface area contributed by atoms with Crippen molar-refractivity contribution in [2.45, 2.75) is 26.8 Å². The second-order valence-corrected chi connectivity index (χ2v) is 5.23. The molecule has 1 aromatic heterocycles. The second-order valence-electron chi connectivity index (χ2n) is 4.09. The SMILES string of the molecule is CCCNCc1sc2cc(F)c(F)cc2c1C. The Labute approximate surface area is 103 Å². The summed E-state index contributed by atoms with van der Waals surface area (Å²) in [5, 5.41) is 4.13. The Morgan fingerprint density at radius 3 is 2.65 bits per heavy atom. The van der Waals surface area contributed by atoms with Crippen molar-refractivity contribution in [3.63, 3.8) is 0 Å². The molecular formula is C13H15F2NS. The second kappa shape index (κ2) is 5.10. The Kier molecular flexibility index (Phi) is 3.74. The number of hydrogen-bond donors (Lipinski definition) is 1.